The zero-order valence-electron chi connectivity index (χ0n) is 58.0. The summed E-state index contributed by atoms with van der Waals surface area (Å²) in [6.45, 7) is 15.9. The first kappa shape index (κ1) is 90.2. The van der Waals surface area contributed by atoms with E-state index in [0.29, 0.717) is 12.8 Å². The van der Waals surface area contributed by atoms with Gasteiger partial charge >= 0.3 is 35.8 Å². The molecule has 100 heavy (non-hydrogen) atoms. The number of guanidine groups is 1. The molecule has 0 aromatic heterocycles. The van der Waals surface area contributed by atoms with Gasteiger partial charge in [0.05, 0.1) is 31.7 Å². The van der Waals surface area contributed by atoms with Crippen molar-refractivity contribution in [1.29, 1.82) is 0 Å². The van der Waals surface area contributed by atoms with Gasteiger partial charge in [-0.3, -0.25) is 81.7 Å². The van der Waals surface area contributed by atoms with Crippen LogP contribution in [0.3, 0.4) is 0 Å². The van der Waals surface area contributed by atoms with Gasteiger partial charge in [-0.1, -0.05) is 82.1 Å². The van der Waals surface area contributed by atoms with Crippen LogP contribution in [0.5, 0.6) is 0 Å². The van der Waals surface area contributed by atoms with E-state index in [1.165, 1.54) is 27.7 Å². The molecule has 0 radical (unpaired) electrons. The maximum atomic E-state index is 14.4. The van der Waals surface area contributed by atoms with Gasteiger partial charge in [-0.2, -0.15) is 0 Å². The van der Waals surface area contributed by atoms with Gasteiger partial charge in [0, 0.05) is 13.0 Å². The molecule has 0 aliphatic rings. The Balaban J connectivity index is 7.24. The summed E-state index contributed by atoms with van der Waals surface area (Å²) in [5.74, 6) is -26.5. The van der Waals surface area contributed by atoms with Gasteiger partial charge < -0.3 is 112 Å². The third kappa shape index (κ3) is 34.6. The highest BCUT2D eigenvalue weighted by Gasteiger charge is 2.40. The molecule has 0 spiro atoms. The van der Waals surface area contributed by atoms with E-state index in [9.17, 15) is 112 Å². The van der Waals surface area contributed by atoms with Crippen LogP contribution in [0.2, 0.25) is 0 Å². The Morgan fingerprint density at radius 3 is 1.05 bits per heavy atom. The summed E-state index contributed by atoms with van der Waals surface area (Å²) in [6.07, 6.45) is -5.95. The van der Waals surface area contributed by atoms with E-state index < -0.39 is 242 Å². The van der Waals surface area contributed by atoms with Crippen LogP contribution in [0.15, 0.2) is 4.99 Å². The molecule has 39 heteroatoms. The summed E-state index contributed by atoms with van der Waals surface area (Å²) in [4.78, 5) is 229. The minimum atomic E-state index is -2.23. The zero-order valence-corrected chi connectivity index (χ0v) is 58.0. The minimum Gasteiger partial charge on any atom is -0.481 e. The third-order valence-corrected chi connectivity index (χ3v) is 15.7. The average Bonchev–Trinajstić information content (AvgIpc) is 0.854. The predicted molar refractivity (Wildman–Crippen MR) is 354 cm³/mol. The lowest BCUT2D eigenvalue weighted by atomic mass is 9.96. The van der Waals surface area contributed by atoms with Crippen molar-refractivity contribution in [3.8, 4) is 0 Å². The number of carboxylic acid groups (broad SMARTS) is 6. The highest BCUT2D eigenvalue weighted by molar-refractivity contribution is 6.01. The first-order valence-electron chi connectivity index (χ1n) is 32.7. The largest absolute Gasteiger partial charge is 0.481 e. The van der Waals surface area contributed by atoms with E-state index in [4.69, 9.17) is 22.9 Å². The van der Waals surface area contributed by atoms with Crippen molar-refractivity contribution < 1.29 is 112 Å². The monoisotopic (exact) mass is 1430 g/mol. The van der Waals surface area contributed by atoms with E-state index in [-0.39, 0.29) is 57.0 Å². The predicted octanol–water partition coefficient (Wildman–Crippen LogP) is -4.87. The van der Waals surface area contributed by atoms with Crippen molar-refractivity contribution in [3.63, 3.8) is 0 Å². The maximum Gasteiger partial charge on any atom is 0.326 e. The number of hydrogen-bond donors (Lipinski definition) is 21. The average molecular weight is 1430 g/mol. The molecule has 0 aliphatic heterocycles. The van der Waals surface area contributed by atoms with E-state index >= 15 is 0 Å². The summed E-state index contributed by atoms with van der Waals surface area (Å²) in [6, 6.07) is -20.9. The fraction of sp³-hybridized carbons (Fsp3) is 0.705. The van der Waals surface area contributed by atoms with Gasteiger partial charge in [0.15, 0.2) is 5.96 Å². The van der Waals surface area contributed by atoms with Crippen molar-refractivity contribution in [2.75, 3.05) is 13.1 Å². The SMILES string of the molecule is CC[C@H](C)[C@H](NC(=O)[C@H](CCCN=C(N)N)NC(=O)[C@H](CC(=O)O)NC(=O)[C@H](CC(=O)O)NC(=O)[C@H](CCC(=O)O)NC(=O)[C@@H](NC(=O)[C@@H](N)C(C)C)[C@@H](C)CC)C(=O)N[C@@H](CC(=O)O)C(=O)N[C@@H](CC(=O)O)C(=O)N[C@H](C(=O)N[C@@H](CC(C)C)C(=O)N[C@@H](CCCCN)C(=O)O)C(C)C. The second-order valence-electron chi connectivity index (χ2n) is 25.3. The topological polar surface area (TPSA) is 660 Å². The number of hydrogen-bond acceptors (Lipinski definition) is 20. The van der Waals surface area contributed by atoms with E-state index in [1.54, 1.807) is 41.5 Å². The molecule has 39 nitrogen and oxygen atoms in total. The normalized spacial score (nSPS) is 15.3. The Morgan fingerprint density at radius 2 is 0.680 bits per heavy atom. The van der Waals surface area contributed by atoms with Crippen LogP contribution >= 0.6 is 0 Å². The number of nitrogens with zero attached hydrogens (tertiary/aromatic N) is 1. The van der Waals surface area contributed by atoms with Crippen LogP contribution in [0.1, 0.15) is 159 Å². The molecule has 0 saturated heterocycles. The lowest BCUT2D eigenvalue weighted by molar-refractivity contribution is -0.144. The molecule has 0 aromatic rings. The molecule has 0 unspecified atom stereocenters. The summed E-state index contributed by atoms with van der Waals surface area (Å²) < 4.78 is 0. The summed E-state index contributed by atoms with van der Waals surface area (Å²) >= 11 is 0. The van der Waals surface area contributed by atoms with Crippen molar-refractivity contribution in [1.82, 2.24) is 58.5 Å². The summed E-state index contributed by atoms with van der Waals surface area (Å²) in [5, 5.41) is 83.9. The minimum absolute atomic E-state index is 0.0132. The van der Waals surface area contributed by atoms with Crippen LogP contribution in [0, 0.1) is 29.6 Å². The van der Waals surface area contributed by atoms with Gasteiger partial charge in [0.1, 0.15) is 66.5 Å². The molecule has 0 rings (SSSR count). The molecular weight excluding hydrogens is 1320 g/mol. The molecule has 25 N–H and O–H groups in total. The number of carboxylic acids is 6. The number of carbonyl (C=O) groups excluding carboxylic acids is 11. The molecule has 0 aromatic carbocycles. The van der Waals surface area contributed by atoms with Crippen molar-refractivity contribution in [3.05, 3.63) is 0 Å². The Hall–Kier alpha value is -9.82. The Morgan fingerprint density at radius 1 is 0.360 bits per heavy atom. The van der Waals surface area contributed by atoms with Crippen LogP contribution in [0.25, 0.3) is 0 Å². The fourth-order valence-corrected chi connectivity index (χ4v) is 9.44. The zero-order chi connectivity index (χ0) is 77.0. The van der Waals surface area contributed by atoms with Gasteiger partial charge in [0.2, 0.25) is 65.0 Å². The summed E-state index contributed by atoms with van der Waals surface area (Å²) in [5.41, 5.74) is 22.4. The van der Waals surface area contributed by atoms with Gasteiger partial charge in [-0.25, -0.2) is 4.79 Å². The number of amides is 11. The molecule has 0 fully saturated rings. The van der Waals surface area contributed by atoms with E-state index in [2.05, 4.69) is 58.2 Å². The van der Waals surface area contributed by atoms with Crippen LogP contribution in [-0.2, 0) is 81.5 Å². The number of nitrogens with two attached hydrogens (primary N) is 4. The first-order valence-corrected chi connectivity index (χ1v) is 32.7. The molecule has 0 heterocycles. The molecule has 11 amide bonds. The maximum absolute atomic E-state index is 14.4. The van der Waals surface area contributed by atoms with Crippen molar-refractivity contribution in [2.45, 2.75) is 232 Å². The van der Waals surface area contributed by atoms with Crippen molar-refractivity contribution >= 4 is 107 Å². The van der Waals surface area contributed by atoms with Gasteiger partial charge in [0.25, 0.3) is 0 Å². The Bertz CT molecular complexity index is 2890. The Labute approximate surface area is 577 Å². The molecule has 566 valence electrons. The van der Waals surface area contributed by atoms with E-state index in [0.717, 1.165) is 0 Å². The highest BCUT2D eigenvalue weighted by Crippen LogP contribution is 2.16. The number of nitrogens with one attached hydrogen (secondary N) is 11. The fourth-order valence-electron chi connectivity index (χ4n) is 9.44. The quantitative estimate of drug-likeness (QED) is 0.0154. The molecular formula is C61H104N16O23. The van der Waals surface area contributed by atoms with Gasteiger partial charge in [-0.05, 0) is 81.1 Å². The smallest absolute Gasteiger partial charge is 0.326 e. The molecule has 0 bridgehead atoms. The van der Waals surface area contributed by atoms with Crippen LogP contribution in [-0.4, -0.2) is 223 Å². The van der Waals surface area contributed by atoms with Gasteiger partial charge in [-0.15, -0.1) is 0 Å². The molecule has 0 saturated carbocycles. The standard InChI is InChI=1S/C61H104N16O23/c1-11-30(9)47(59(98)74-38(25-43(84)85)54(93)72-39(26-44(86)87)55(94)75-46(29(7)8)57(96)73-35(22-27(3)4)51(90)69-34(60(99)100)16-13-14-20-62)76-50(89)32(17-15-21-66-61(64)65)67-52(91)36(23-41(80)81)71-53(92)37(24-42(82)83)70-49(88)33(18-19-40(78)79)68-58(97)48(31(10)12-2)77-56(95)45(63)28(5)6/h27-39,45-48H,11-26,62-63H2,1-10H3,(H,67,91)(H,68,97)(H,69,90)(H,70,88)(H,71,92)(H,72,93)(H,73,96)(H,74,98)(H,75,94)(H,76,89)(H,77,95)(H,78,79)(H,80,81)(H,82,83)(H,84,85)(H,86,87)(H,99,100)(H4,64,65,66)/t30-,31-,32-,33-,34-,35-,36-,37-,38-,39-,45-,46-,47-,48-/m0/s1. The molecule has 14 atom stereocenters. The second kappa shape index (κ2) is 45.7. The lowest BCUT2D eigenvalue weighted by Gasteiger charge is -2.30. The van der Waals surface area contributed by atoms with Crippen LogP contribution in [0.4, 0.5) is 0 Å². The number of carbonyl (C=O) groups is 17. The first-order chi connectivity index (χ1) is 46.5. The highest BCUT2D eigenvalue weighted by atomic mass is 16.4. The van der Waals surface area contributed by atoms with Crippen LogP contribution < -0.4 is 81.4 Å². The number of aliphatic imine (C=N–C) groups is 1. The Kier molecular flexibility index (Phi) is 41.2. The number of aliphatic carboxylic acids is 6. The second-order valence-corrected chi connectivity index (χ2v) is 25.3. The summed E-state index contributed by atoms with van der Waals surface area (Å²) in [7, 11) is 0. The molecule has 0 aliphatic carbocycles. The number of unbranched alkanes of at least 4 members (excludes halogenated alkanes) is 1. The third-order valence-electron chi connectivity index (χ3n) is 15.7. The number of rotatable bonds is 50. The van der Waals surface area contributed by atoms with Crippen molar-refractivity contribution in [2.24, 2.45) is 57.5 Å². The lowest BCUT2D eigenvalue weighted by Crippen LogP contribution is -2.62. The van der Waals surface area contributed by atoms with E-state index in [1.807, 2.05) is 5.32 Å².